The highest BCUT2D eigenvalue weighted by molar-refractivity contribution is 6.35. The molecule has 0 unspecified atom stereocenters. The van der Waals surface area contributed by atoms with Gasteiger partial charge in [0.1, 0.15) is 0 Å². The first-order valence-corrected chi connectivity index (χ1v) is 10.4. The zero-order valence-electron chi connectivity index (χ0n) is 18.6. The summed E-state index contributed by atoms with van der Waals surface area (Å²) in [6.07, 6.45) is 2.60. The minimum atomic E-state index is -0.615. The zero-order valence-corrected chi connectivity index (χ0v) is 18.6. The number of para-hydroxylation sites is 1. The predicted molar refractivity (Wildman–Crippen MR) is 125 cm³/mol. The maximum absolute atomic E-state index is 12.3. The van der Waals surface area contributed by atoms with E-state index in [1.165, 1.54) is 0 Å². The number of anilines is 1. The Labute approximate surface area is 183 Å². The molecule has 0 aliphatic rings. The molecule has 0 saturated carbocycles. The van der Waals surface area contributed by atoms with Gasteiger partial charge in [0, 0.05) is 50.0 Å². The van der Waals surface area contributed by atoms with Gasteiger partial charge >= 0.3 is 11.8 Å². The summed E-state index contributed by atoms with van der Waals surface area (Å²) in [5.74, 6) is -1.23. The van der Waals surface area contributed by atoms with Crippen molar-refractivity contribution in [2.75, 3.05) is 46.2 Å². The number of carbonyl (C=O) groups is 2. The molecule has 1 heterocycles. The number of hydrogen-bond acceptors (Lipinski definition) is 4. The van der Waals surface area contributed by atoms with Crippen molar-refractivity contribution in [2.45, 2.75) is 12.5 Å². The number of likely N-dealkylation sites (N-methyl/N-ethyl adjacent to an activating group) is 1. The summed E-state index contributed by atoms with van der Waals surface area (Å²) in [5, 5.41) is 6.61. The second kappa shape index (κ2) is 10.1. The molecule has 1 aromatic heterocycles. The van der Waals surface area contributed by atoms with Gasteiger partial charge < -0.3 is 25.4 Å². The van der Waals surface area contributed by atoms with Gasteiger partial charge in [0.05, 0.1) is 6.04 Å². The van der Waals surface area contributed by atoms with E-state index < -0.39 is 11.8 Å². The van der Waals surface area contributed by atoms with Crippen LogP contribution in [0.3, 0.4) is 0 Å². The van der Waals surface area contributed by atoms with Crippen LogP contribution in [-0.4, -0.2) is 63.0 Å². The van der Waals surface area contributed by atoms with Crippen LogP contribution in [0.5, 0.6) is 0 Å². The van der Waals surface area contributed by atoms with Crippen LogP contribution >= 0.6 is 0 Å². The molecule has 0 fully saturated rings. The standard InChI is InChI=1S/C24H31N5O2/c1-28(2)19-11-9-17(10-12-19)22(29(3)4)16-27-24(31)23(30)25-14-13-18-15-26-21-8-6-5-7-20(18)21/h5-12,15,22,26H,13-14,16H2,1-4H3,(H,25,30)(H,27,31)/t22-/m1/s1. The molecule has 0 bridgehead atoms. The fourth-order valence-corrected chi connectivity index (χ4v) is 3.59. The first kappa shape index (κ1) is 22.4. The number of rotatable bonds is 8. The molecule has 0 aliphatic heterocycles. The maximum Gasteiger partial charge on any atom is 0.309 e. The van der Waals surface area contributed by atoms with Gasteiger partial charge in [0.25, 0.3) is 0 Å². The van der Waals surface area contributed by atoms with Crippen molar-refractivity contribution < 1.29 is 9.59 Å². The molecule has 2 aromatic carbocycles. The second-order valence-electron chi connectivity index (χ2n) is 8.04. The quantitative estimate of drug-likeness (QED) is 0.488. The van der Waals surface area contributed by atoms with Gasteiger partial charge in [0.2, 0.25) is 0 Å². The zero-order chi connectivity index (χ0) is 22.4. The number of carbonyl (C=O) groups excluding carboxylic acids is 2. The Kier molecular flexibility index (Phi) is 7.31. The highest BCUT2D eigenvalue weighted by Crippen LogP contribution is 2.21. The van der Waals surface area contributed by atoms with E-state index in [-0.39, 0.29) is 6.04 Å². The van der Waals surface area contributed by atoms with E-state index in [0.29, 0.717) is 19.5 Å². The van der Waals surface area contributed by atoms with Gasteiger partial charge in [-0.2, -0.15) is 0 Å². The third kappa shape index (κ3) is 5.64. The molecular weight excluding hydrogens is 390 g/mol. The normalized spacial score (nSPS) is 12.0. The summed E-state index contributed by atoms with van der Waals surface area (Å²) in [5.41, 5.74) is 4.37. The van der Waals surface area contributed by atoms with Gasteiger partial charge in [-0.1, -0.05) is 30.3 Å². The molecule has 7 heteroatoms. The van der Waals surface area contributed by atoms with Crippen LogP contribution in [0.4, 0.5) is 5.69 Å². The lowest BCUT2D eigenvalue weighted by molar-refractivity contribution is -0.139. The highest BCUT2D eigenvalue weighted by Gasteiger charge is 2.19. The van der Waals surface area contributed by atoms with Crippen LogP contribution < -0.4 is 15.5 Å². The minimum Gasteiger partial charge on any atom is -0.378 e. The van der Waals surface area contributed by atoms with E-state index in [0.717, 1.165) is 27.7 Å². The summed E-state index contributed by atoms with van der Waals surface area (Å²) < 4.78 is 0. The van der Waals surface area contributed by atoms with Crippen molar-refractivity contribution in [3.05, 3.63) is 65.9 Å². The average Bonchev–Trinajstić information content (AvgIpc) is 3.17. The number of fused-ring (bicyclic) bond motifs is 1. The molecule has 0 saturated heterocycles. The lowest BCUT2D eigenvalue weighted by Crippen LogP contribution is -2.43. The molecule has 7 nitrogen and oxygen atoms in total. The molecule has 31 heavy (non-hydrogen) atoms. The van der Waals surface area contributed by atoms with Crippen LogP contribution in [0.25, 0.3) is 10.9 Å². The number of amides is 2. The number of nitrogens with one attached hydrogen (secondary N) is 3. The van der Waals surface area contributed by atoms with Crippen LogP contribution in [0.15, 0.2) is 54.7 Å². The molecule has 3 N–H and O–H groups in total. The topological polar surface area (TPSA) is 80.5 Å². The predicted octanol–water partition coefficient (Wildman–Crippen LogP) is 2.31. The Morgan fingerprint density at radius 3 is 2.29 bits per heavy atom. The number of nitrogens with zero attached hydrogens (tertiary/aromatic N) is 2. The third-order valence-corrected chi connectivity index (χ3v) is 5.43. The summed E-state index contributed by atoms with van der Waals surface area (Å²) in [6.45, 7) is 0.750. The van der Waals surface area contributed by atoms with E-state index in [2.05, 4.69) is 15.6 Å². The van der Waals surface area contributed by atoms with Crippen molar-refractivity contribution in [3.63, 3.8) is 0 Å². The first-order valence-electron chi connectivity index (χ1n) is 10.4. The lowest BCUT2D eigenvalue weighted by Gasteiger charge is -2.25. The molecule has 3 rings (SSSR count). The smallest absolute Gasteiger partial charge is 0.309 e. The minimum absolute atomic E-state index is 0.0285. The van der Waals surface area contributed by atoms with Crippen molar-refractivity contribution in [3.8, 4) is 0 Å². The molecular formula is C24H31N5O2. The monoisotopic (exact) mass is 421 g/mol. The number of benzene rings is 2. The SMILES string of the molecule is CN(C)c1ccc([C@@H](CNC(=O)C(=O)NCCc2c[nH]c3ccccc23)N(C)C)cc1. The summed E-state index contributed by atoms with van der Waals surface area (Å²) in [4.78, 5) is 31.8. The van der Waals surface area contributed by atoms with Crippen molar-refractivity contribution in [2.24, 2.45) is 0 Å². The van der Waals surface area contributed by atoms with Crippen LogP contribution in [0.1, 0.15) is 17.2 Å². The molecule has 3 aromatic rings. The van der Waals surface area contributed by atoms with Gasteiger partial charge in [-0.05, 0) is 49.8 Å². The number of H-pyrrole nitrogens is 1. The van der Waals surface area contributed by atoms with Gasteiger partial charge in [0.15, 0.2) is 0 Å². The molecule has 0 aliphatic carbocycles. The van der Waals surface area contributed by atoms with E-state index in [4.69, 9.17) is 0 Å². The van der Waals surface area contributed by atoms with E-state index in [1.54, 1.807) is 0 Å². The van der Waals surface area contributed by atoms with Gasteiger partial charge in [-0.3, -0.25) is 9.59 Å². The third-order valence-electron chi connectivity index (χ3n) is 5.43. The Morgan fingerprint density at radius 1 is 0.935 bits per heavy atom. The molecule has 0 radical (unpaired) electrons. The maximum atomic E-state index is 12.3. The number of aromatic nitrogens is 1. The van der Waals surface area contributed by atoms with Crippen molar-refractivity contribution >= 4 is 28.4 Å². The molecule has 2 amide bonds. The average molecular weight is 422 g/mol. The highest BCUT2D eigenvalue weighted by atomic mass is 16.2. The van der Waals surface area contributed by atoms with E-state index in [9.17, 15) is 9.59 Å². The molecule has 1 atom stereocenters. The number of aromatic amines is 1. The Bertz CT molecular complexity index is 1020. The summed E-state index contributed by atoms with van der Waals surface area (Å²) in [7, 11) is 7.90. The fourth-order valence-electron chi connectivity index (χ4n) is 3.59. The Balaban J connectivity index is 1.50. The lowest BCUT2D eigenvalue weighted by atomic mass is 10.1. The first-order chi connectivity index (χ1) is 14.9. The van der Waals surface area contributed by atoms with Crippen LogP contribution in [-0.2, 0) is 16.0 Å². The molecule has 0 spiro atoms. The van der Waals surface area contributed by atoms with E-state index >= 15 is 0 Å². The number of hydrogen-bond donors (Lipinski definition) is 3. The van der Waals surface area contributed by atoms with Crippen molar-refractivity contribution in [1.29, 1.82) is 0 Å². The van der Waals surface area contributed by atoms with Gasteiger partial charge in [-0.15, -0.1) is 0 Å². The summed E-state index contributed by atoms with van der Waals surface area (Å²) >= 11 is 0. The fraction of sp³-hybridized carbons (Fsp3) is 0.333. The Hall–Kier alpha value is -3.32. The largest absolute Gasteiger partial charge is 0.378 e. The van der Waals surface area contributed by atoms with E-state index in [1.807, 2.05) is 92.7 Å². The van der Waals surface area contributed by atoms with Crippen LogP contribution in [0, 0.1) is 0 Å². The van der Waals surface area contributed by atoms with Crippen LogP contribution in [0.2, 0.25) is 0 Å². The summed E-state index contributed by atoms with van der Waals surface area (Å²) in [6, 6.07) is 16.2. The second-order valence-corrected chi connectivity index (χ2v) is 8.04. The van der Waals surface area contributed by atoms with Gasteiger partial charge in [-0.25, -0.2) is 0 Å². The molecule has 164 valence electrons. The van der Waals surface area contributed by atoms with Crippen molar-refractivity contribution in [1.82, 2.24) is 20.5 Å². The Morgan fingerprint density at radius 2 is 1.61 bits per heavy atom.